The Bertz CT molecular complexity index is 1010. The quantitative estimate of drug-likeness (QED) is 0.472. The summed E-state index contributed by atoms with van der Waals surface area (Å²) >= 11 is 0. The van der Waals surface area contributed by atoms with Crippen LogP contribution < -0.4 is 15.5 Å². The van der Waals surface area contributed by atoms with Crippen LogP contribution in [0.3, 0.4) is 0 Å². The first-order valence-corrected chi connectivity index (χ1v) is 10.3. The summed E-state index contributed by atoms with van der Waals surface area (Å²) < 4.78 is 30.2. The molecule has 0 amide bonds. The van der Waals surface area contributed by atoms with Gasteiger partial charge in [0.15, 0.2) is 5.96 Å². The molecule has 31 heavy (non-hydrogen) atoms. The van der Waals surface area contributed by atoms with Gasteiger partial charge in [0.25, 0.3) is 0 Å². The number of halogens is 2. The molecule has 1 aliphatic rings. The molecule has 1 aliphatic heterocycles. The maximum atomic E-state index is 14.1. The minimum Gasteiger partial charge on any atom is -0.365 e. The number of nitrogens with zero attached hydrogens (tertiary/aromatic N) is 4. The topological polar surface area (TPSA) is 57.5 Å². The number of hydrogen-bond acceptors (Lipinski definition) is 3. The number of aliphatic imine (C=N–C) groups is 1. The molecular weight excluding hydrogens is 398 g/mol. The number of nitrogens with one attached hydrogen (secondary N) is 2. The zero-order valence-corrected chi connectivity index (χ0v) is 17.4. The molecule has 1 atom stereocenters. The first kappa shape index (κ1) is 20.8. The SMILES string of the molecule is CN=C(NCc1cccc(Cn2ccnc2)c1)NC1CCN(c2c(F)cccc2F)C1. The summed E-state index contributed by atoms with van der Waals surface area (Å²) in [7, 11) is 1.72. The average molecular weight is 424 g/mol. The monoisotopic (exact) mass is 424 g/mol. The Balaban J connectivity index is 1.31. The lowest BCUT2D eigenvalue weighted by molar-refractivity contribution is 0.576. The normalized spacial score (nSPS) is 16.5. The van der Waals surface area contributed by atoms with Crippen LogP contribution in [0.1, 0.15) is 17.5 Å². The van der Waals surface area contributed by atoms with E-state index < -0.39 is 11.6 Å². The minimum absolute atomic E-state index is 0.0458. The number of imidazole rings is 1. The summed E-state index contributed by atoms with van der Waals surface area (Å²) in [6, 6.07) is 12.4. The molecule has 0 radical (unpaired) electrons. The molecule has 2 heterocycles. The van der Waals surface area contributed by atoms with Gasteiger partial charge in [-0.2, -0.15) is 0 Å². The fourth-order valence-corrected chi connectivity index (χ4v) is 3.88. The van der Waals surface area contributed by atoms with Gasteiger partial charge >= 0.3 is 0 Å². The second-order valence-corrected chi connectivity index (χ2v) is 7.63. The zero-order valence-electron chi connectivity index (χ0n) is 17.4. The lowest BCUT2D eigenvalue weighted by Crippen LogP contribution is -2.44. The van der Waals surface area contributed by atoms with E-state index >= 15 is 0 Å². The number of para-hydroxylation sites is 1. The summed E-state index contributed by atoms with van der Waals surface area (Å²) in [6.45, 7) is 2.49. The number of benzene rings is 2. The van der Waals surface area contributed by atoms with E-state index in [-0.39, 0.29) is 11.7 Å². The molecule has 3 aromatic rings. The molecule has 1 fully saturated rings. The molecule has 2 aromatic carbocycles. The van der Waals surface area contributed by atoms with Crippen LogP contribution in [0, 0.1) is 11.6 Å². The van der Waals surface area contributed by atoms with Gasteiger partial charge in [-0.3, -0.25) is 4.99 Å². The Labute approximate surface area is 180 Å². The molecule has 162 valence electrons. The largest absolute Gasteiger partial charge is 0.365 e. The van der Waals surface area contributed by atoms with Crippen molar-refractivity contribution < 1.29 is 8.78 Å². The van der Waals surface area contributed by atoms with Gasteiger partial charge < -0.3 is 20.1 Å². The molecule has 1 unspecified atom stereocenters. The Hall–Kier alpha value is -3.42. The molecule has 0 spiro atoms. The van der Waals surface area contributed by atoms with Gasteiger partial charge in [0.05, 0.1) is 6.33 Å². The Morgan fingerprint density at radius 3 is 2.68 bits per heavy atom. The van der Waals surface area contributed by atoms with Crippen molar-refractivity contribution in [2.24, 2.45) is 4.99 Å². The molecule has 1 aromatic heterocycles. The van der Waals surface area contributed by atoms with Crippen LogP contribution in [-0.2, 0) is 13.1 Å². The van der Waals surface area contributed by atoms with Crippen molar-refractivity contribution >= 4 is 11.6 Å². The van der Waals surface area contributed by atoms with Crippen LogP contribution in [0.5, 0.6) is 0 Å². The maximum Gasteiger partial charge on any atom is 0.191 e. The van der Waals surface area contributed by atoms with Crippen LogP contribution in [0.25, 0.3) is 0 Å². The smallest absolute Gasteiger partial charge is 0.191 e. The third kappa shape index (κ3) is 5.20. The number of rotatable bonds is 6. The lowest BCUT2D eigenvalue weighted by Gasteiger charge is -2.21. The van der Waals surface area contributed by atoms with Gasteiger partial charge in [0.1, 0.15) is 17.3 Å². The molecule has 0 saturated carbocycles. The Kier molecular flexibility index (Phi) is 6.45. The van der Waals surface area contributed by atoms with E-state index in [4.69, 9.17) is 0 Å². The molecule has 1 saturated heterocycles. The van der Waals surface area contributed by atoms with E-state index in [2.05, 4.69) is 38.8 Å². The third-order valence-corrected chi connectivity index (χ3v) is 5.38. The van der Waals surface area contributed by atoms with Crippen LogP contribution in [-0.4, -0.2) is 41.7 Å². The van der Waals surface area contributed by atoms with E-state index in [1.165, 1.54) is 23.8 Å². The van der Waals surface area contributed by atoms with Gasteiger partial charge in [-0.05, 0) is 29.7 Å². The standard InChI is InChI=1S/C23H26F2N6/c1-26-23(28-13-17-4-2-5-18(12-17)14-30-11-9-27-16-30)29-19-8-10-31(15-19)22-20(24)6-3-7-21(22)25/h2-7,9,11-12,16,19H,8,10,13-15H2,1H3,(H2,26,28,29). The van der Waals surface area contributed by atoms with Crippen LogP contribution in [0.15, 0.2) is 66.2 Å². The zero-order chi connectivity index (χ0) is 21.6. The lowest BCUT2D eigenvalue weighted by atomic mass is 10.1. The summed E-state index contributed by atoms with van der Waals surface area (Å²) in [5.74, 6) is -0.390. The van der Waals surface area contributed by atoms with E-state index in [0.717, 1.165) is 18.5 Å². The van der Waals surface area contributed by atoms with E-state index in [1.54, 1.807) is 24.5 Å². The number of aromatic nitrogens is 2. The fourth-order valence-electron chi connectivity index (χ4n) is 3.88. The predicted molar refractivity (Wildman–Crippen MR) is 118 cm³/mol. The van der Waals surface area contributed by atoms with Gasteiger partial charge in [0, 0.05) is 51.7 Å². The molecule has 0 aliphatic carbocycles. The van der Waals surface area contributed by atoms with Crippen molar-refractivity contribution in [2.75, 3.05) is 25.0 Å². The van der Waals surface area contributed by atoms with Crippen molar-refractivity contribution in [3.63, 3.8) is 0 Å². The summed E-state index contributed by atoms with van der Waals surface area (Å²) in [4.78, 5) is 10.1. The van der Waals surface area contributed by atoms with Crippen molar-refractivity contribution in [3.05, 3.63) is 83.9 Å². The summed E-state index contributed by atoms with van der Waals surface area (Å²) in [5, 5.41) is 6.69. The van der Waals surface area contributed by atoms with Crippen molar-refractivity contribution in [3.8, 4) is 0 Å². The first-order valence-electron chi connectivity index (χ1n) is 10.3. The second kappa shape index (κ2) is 9.59. The van der Waals surface area contributed by atoms with Crippen LogP contribution in [0.2, 0.25) is 0 Å². The van der Waals surface area contributed by atoms with Gasteiger partial charge in [-0.25, -0.2) is 13.8 Å². The minimum atomic E-state index is -0.529. The second-order valence-electron chi connectivity index (χ2n) is 7.63. The summed E-state index contributed by atoms with van der Waals surface area (Å²) in [6.07, 6.45) is 6.28. The van der Waals surface area contributed by atoms with Gasteiger partial charge in [-0.1, -0.05) is 30.3 Å². The maximum absolute atomic E-state index is 14.1. The van der Waals surface area contributed by atoms with Gasteiger partial charge in [-0.15, -0.1) is 0 Å². The van der Waals surface area contributed by atoms with E-state index in [1.807, 2.05) is 16.8 Å². The third-order valence-electron chi connectivity index (χ3n) is 5.38. The fraction of sp³-hybridized carbons (Fsp3) is 0.304. The number of hydrogen-bond donors (Lipinski definition) is 2. The molecule has 8 heteroatoms. The Morgan fingerprint density at radius 1 is 1.16 bits per heavy atom. The van der Waals surface area contributed by atoms with Gasteiger partial charge in [0.2, 0.25) is 0 Å². The highest BCUT2D eigenvalue weighted by Gasteiger charge is 2.27. The van der Waals surface area contributed by atoms with E-state index in [0.29, 0.717) is 25.6 Å². The average Bonchev–Trinajstić information content (AvgIpc) is 3.44. The number of guanidine groups is 1. The van der Waals surface area contributed by atoms with Crippen LogP contribution in [0.4, 0.5) is 14.5 Å². The van der Waals surface area contributed by atoms with Crippen molar-refractivity contribution in [1.29, 1.82) is 0 Å². The molecule has 2 N–H and O–H groups in total. The van der Waals surface area contributed by atoms with Crippen molar-refractivity contribution in [2.45, 2.75) is 25.6 Å². The highest BCUT2D eigenvalue weighted by Crippen LogP contribution is 2.26. The summed E-state index contributed by atoms with van der Waals surface area (Å²) in [5.41, 5.74) is 2.38. The molecular formula is C23H26F2N6. The molecule has 6 nitrogen and oxygen atoms in total. The Morgan fingerprint density at radius 2 is 1.94 bits per heavy atom. The molecule has 0 bridgehead atoms. The van der Waals surface area contributed by atoms with Crippen molar-refractivity contribution in [1.82, 2.24) is 20.2 Å². The molecule has 4 rings (SSSR count). The number of anilines is 1. The predicted octanol–water partition coefficient (Wildman–Crippen LogP) is 3.15. The highest BCUT2D eigenvalue weighted by atomic mass is 19.1. The van der Waals surface area contributed by atoms with Crippen LogP contribution >= 0.6 is 0 Å². The van der Waals surface area contributed by atoms with E-state index in [9.17, 15) is 8.78 Å². The first-order chi connectivity index (χ1) is 15.1. The highest BCUT2D eigenvalue weighted by molar-refractivity contribution is 5.80.